The molecule has 5 nitrogen and oxygen atoms in total. The van der Waals surface area contributed by atoms with Crippen molar-refractivity contribution in [1.29, 1.82) is 0 Å². The Morgan fingerprint density at radius 1 is 1.24 bits per heavy atom. The Morgan fingerprint density at radius 3 is 2.33 bits per heavy atom. The van der Waals surface area contributed by atoms with Gasteiger partial charge in [-0.05, 0) is 30.7 Å². The summed E-state index contributed by atoms with van der Waals surface area (Å²) in [7, 11) is 1.67. The smallest absolute Gasteiger partial charge is 0.227 e. The monoisotopic (exact) mass is 291 g/mol. The van der Waals surface area contributed by atoms with E-state index in [-0.39, 0.29) is 11.8 Å². The molecule has 0 bridgehead atoms. The highest BCUT2D eigenvalue weighted by Gasteiger charge is 2.25. The summed E-state index contributed by atoms with van der Waals surface area (Å²) in [6.45, 7) is 5.71. The van der Waals surface area contributed by atoms with Crippen LogP contribution in [0.15, 0.2) is 24.3 Å². The lowest BCUT2D eigenvalue weighted by molar-refractivity contribution is -0.135. The van der Waals surface area contributed by atoms with E-state index in [2.05, 4.69) is 17.0 Å². The molecule has 1 atom stereocenters. The number of anilines is 1. The van der Waals surface area contributed by atoms with Gasteiger partial charge in [0, 0.05) is 38.4 Å². The quantitative estimate of drug-likeness (QED) is 0.889. The van der Waals surface area contributed by atoms with Gasteiger partial charge in [-0.15, -0.1) is 0 Å². The maximum atomic E-state index is 12.3. The second-order valence-corrected chi connectivity index (χ2v) is 5.35. The van der Waals surface area contributed by atoms with E-state index in [0.29, 0.717) is 6.54 Å². The van der Waals surface area contributed by atoms with Crippen molar-refractivity contribution in [3.05, 3.63) is 24.3 Å². The van der Waals surface area contributed by atoms with Gasteiger partial charge in [-0.3, -0.25) is 4.79 Å². The summed E-state index contributed by atoms with van der Waals surface area (Å²) in [6, 6.07) is 8.05. The van der Waals surface area contributed by atoms with Gasteiger partial charge in [0.1, 0.15) is 5.75 Å². The number of hydrogen-bond acceptors (Lipinski definition) is 4. The Hall–Kier alpha value is -1.75. The van der Waals surface area contributed by atoms with Crippen LogP contribution in [0.4, 0.5) is 5.69 Å². The van der Waals surface area contributed by atoms with E-state index in [4.69, 9.17) is 10.5 Å². The fourth-order valence-electron chi connectivity index (χ4n) is 2.68. The summed E-state index contributed by atoms with van der Waals surface area (Å²) in [5.74, 6) is 1.04. The zero-order valence-electron chi connectivity index (χ0n) is 12.9. The average molecular weight is 291 g/mol. The molecule has 1 aromatic carbocycles. The van der Waals surface area contributed by atoms with Crippen LogP contribution in [0.5, 0.6) is 5.75 Å². The molecule has 0 spiro atoms. The molecule has 0 aliphatic carbocycles. The molecule has 1 saturated heterocycles. The minimum absolute atomic E-state index is 0.0301. The van der Waals surface area contributed by atoms with Gasteiger partial charge in [0.15, 0.2) is 0 Å². The van der Waals surface area contributed by atoms with E-state index in [9.17, 15) is 4.79 Å². The van der Waals surface area contributed by atoms with Gasteiger partial charge in [-0.1, -0.05) is 6.92 Å². The van der Waals surface area contributed by atoms with Crippen LogP contribution in [0, 0.1) is 5.92 Å². The highest BCUT2D eigenvalue weighted by atomic mass is 16.5. The average Bonchev–Trinajstić information content (AvgIpc) is 2.56. The Balaban J connectivity index is 1.91. The standard InChI is InChI=1S/C16H25N3O2/c1-3-13(12-17)16(20)19-10-8-18(9-11-19)14-4-6-15(21-2)7-5-14/h4-7,13H,3,8-12,17H2,1-2H3. The van der Waals surface area contributed by atoms with Gasteiger partial charge >= 0.3 is 0 Å². The fourth-order valence-corrected chi connectivity index (χ4v) is 2.68. The number of methoxy groups -OCH3 is 1. The van der Waals surface area contributed by atoms with Crippen molar-refractivity contribution in [2.24, 2.45) is 11.7 Å². The number of hydrogen-bond donors (Lipinski definition) is 1. The number of benzene rings is 1. The third-order valence-corrected chi connectivity index (χ3v) is 4.16. The molecule has 5 heteroatoms. The number of carbonyl (C=O) groups excluding carboxylic acids is 1. The first kappa shape index (κ1) is 15.6. The van der Waals surface area contributed by atoms with Crippen LogP contribution in [-0.2, 0) is 4.79 Å². The van der Waals surface area contributed by atoms with Crippen molar-refractivity contribution in [3.8, 4) is 5.75 Å². The molecule has 2 rings (SSSR count). The van der Waals surface area contributed by atoms with Crippen LogP contribution in [0.25, 0.3) is 0 Å². The summed E-state index contributed by atoms with van der Waals surface area (Å²) in [5.41, 5.74) is 6.84. The first-order valence-corrected chi connectivity index (χ1v) is 7.57. The predicted octanol–water partition coefficient (Wildman–Crippen LogP) is 1.33. The van der Waals surface area contributed by atoms with Gasteiger partial charge in [-0.25, -0.2) is 0 Å². The van der Waals surface area contributed by atoms with Gasteiger partial charge in [0.25, 0.3) is 0 Å². The summed E-state index contributed by atoms with van der Waals surface area (Å²) in [4.78, 5) is 16.5. The molecule has 1 unspecified atom stereocenters. The van der Waals surface area contributed by atoms with E-state index in [1.54, 1.807) is 7.11 Å². The van der Waals surface area contributed by atoms with E-state index in [1.807, 2.05) is 24.0 Å². The van der Waals surface area contributed by atoms with Crippen LogP contribution in [0.1, 0.15) is 13.3 Å². The first-order valence-electron chi connectivity index (χ1n) is 7.57. The summed E-state index contributed by atoms with van der Waals surface area (Å²) in [5, 5.41) is 0. The van der Waals surface area contributed by atoms with Crippen LogP contribution >= 0.6 is 0 Å². The van der Waals surface area contributed by atoms with Gasteiger partial charge in [0.05, 0.1) is 13.0 Å². The number of carbonyl (C=O) groups is 1. The molecule has 1 aliphatic heterocycles. The van der Waals surface area contributed by atoms with Crippen molar-refractivity contribution in [1.82, 2.24) is 4.90 Å². The minimum atomic E-state index is -0.0301. The van der Waals surface area contributed by atoms with Crippen LogP contribution in [-0.4, -0.2) is 50.6 Å². The minimum Gasteiger partial charge on any atom is -0.497 e. The number of rotatable bonds is 5. The zero-order chi connectivity index (χ0) is 15.2. The maximum absolute atomic E-state index is 12.3. The third-order valence-electron chi connectivity index (χ3n) is 4.16. The highest BCUT2D eigenvalue weighted by Crippen LogP contribution is 2.21. The largest absolute Gasteiger partial charge is 0.497 e. The Labute approximate surface area is 126 Å². The normalized spacial score (nSPS) is 16.7. The summed E-state index contributed by atoms with van der Waals surface area (Å²) in [6.07, 6.45) is 0.814. The lowest BCUT2D eigenvalue weighted by Gasteiger charge is -2.37. The van der Waals surface area contributed by atoms with Crippen molar-refractivity contribution in [2.45, 2.75) is 13.3 Å². The molecule has 2 N–H and O–H groups in total. The molecule has 1 aromatic rings. The number of amides is 1. The topological polar surface area (TPSA) is 58.8 Å². The molecule has 116 valence electrons. The SMILES string of the molecule is CCC(CN)C(=O)N1CCN(c2ccc(OC)cc2)CC1. The Bertz CT molecular complexity index is 449. The number of piperazine rings is 1. The third kappa shape index (κ3) is 3.67. The lowest BCUT2D eigenvalue weighted by atomic mass is 10.0. The molecule has 1 heterocycles. The number of nitrogens with two attached hydrogens (primary N) is 1. The van der Waals surface area contributed by atoms with Gasteiger partial charge in [0.2, 0.25) is 5.91 Å². The van der Waals surface area contributed by atoms with Crippen LogP contribution < -0.4 is 15.4 Å². The Kier molecular flexibility index (Phi) is 5.44. The summed E-state index contributed by atoms with van der Waals surface area (Å²) < 4.78 is 5.17. The van der Waals surface area contributed by atoms with Crippen molar-refractivity contribution in [2.75, 3.05) is 44.7 Å². The predicted molar refractivity (Wildman–Crippen MR) is 84.6 cm³/mol. The first-order chi connectivity index (χ1) is 10.2. The van der Waals surface area contributed by atoms with E-state index in [1.165, 1.54) is 5.69 Å². The molecular formula is C16H25N3O2. The maximum Gasteiger partial charge on any atom is 0.227 e. The molecule has 1 fully saturated rings. The molecule has 0 saturated carbocycles. The number of ether oxygens (including phenoxy) is 1. The molecule has 1 aliphatic rings. The molecule has 0 aromatic heterocycles. The highest BCUT2D eigenvalue weighted by molar-refractivity contribution is 5.79. The second-order valence-electron chi connectivity index (χ2n) is 5.35. The van der Waals surface area contributed by atoms with Crippen molar-refractivity contribution in [3.63, 3.8) is 0 Å². The molecule has 0 radical (unpaired) electrons. The van der Waals surface area contributed by atoms with Gasteiger partial charge in [-0.2, -0.15) is 0 Å². The second kappa shape index (κ2) is 7.31. The van der Waals surface area contributed by atoms with E-state index >= 15 is 0 Å². The summed E-state index contributed by atoms with van der Waals surface area (Å²) >= 11 is 0. The zero-order valence-corrected chi connectivity index (χ0v) is 12.9. The van der Waals surface area contributed by atoms with Crippen molar-refractivity contribution >= 4 is 11.6 Å². The fraction of sp³-hybridized carbons (Fsp3) is 0.562. The Morgan fingerprint density at radius 2 is 1.86 bits per heavy atom. The van der Waals surface area contributed by atoms with Gasteiger partial charge < -0.3 is 20.3 Å². The van der Waals surface area contributed by atoms with E-state index in [0.717, 1.165) is 38.3 Å². The lowest BCUT2D eigenvalue weighted by Crippen LogP contribution is -2.51. The molecule has 1 amide bonds. The molecular weight excluding hydrogens is 266 g/mol. The van der Waals surface area contributed by atoms with E-state index < -0.39 is 0 Å². The molecule has 21 heavy (non-hydrogen) atoms. The van der Waals surface area contributed by atoms with Crippen molar-refractivity contribution < 1.29 is 9.53 Å². The van der Waals surface area contributed by atoms with Crippen LogP contribution in [0.3, 0.4) is 0 Å². The van der Waals surface area contributed by atoms with Crippen LogP contribution in [0.2, 0.25) is 0 Å². The number of nitrogens with zero attached hydrogens (tertiary/aromatic N) is 2.